The Balaban J connectivity index is 1.73. The molecule has 0 aliphatic rings. The molecule has 0 aliphatic carbocycles. The maximum absolute atomic E-state index is 12.9. The molecule has 0 spiro atoms. The van der Waals surface area contributed by atoms with Gasteiger partial charge in [0.05, 0.1) is 30.4 Å². The number of benzene rings is 3. The second-order valence-corrected chi connectivity index (χ2v) is 8.14. The van der Waals surface area contributed by atoms with E-state index in [0.717, 1.165) is 25.7 Å². The minimum atomic E-state index is -0.401. The van der Waals surface area contributed by atoms with Crippen molar-refractivity contribution in [2.24, 2.45) is 0 Å². The van der Waals surface area contributed by atoms with Crippen LogP contribution >= 0.6 is 0 Å². The lowest BCUT2D eigenvalue weighted by Gasteiger charge is -2.12. The van der Waals surface area contributed by atoms with E-state index in [4.69, 9.17) is 9.47 Å². The van der Waals surface area contributed by atoms with Crippen molar-refractivity contribution in [3.8, 4) is 11.5 Å². The molecule has 0 aromatic heterocycles. The minimum Gasteiger partial charge on any atom is -0.493 e. The Morgan fingerprint density at radius 3 is 1.83 bits per heavy atom. The molecule has 0 saturated carbocycles. The first-order chi connectivity index (χ1) is 17.6. The summed E-state index contributed by atoms with van der Waals surface area (Å²) < 4.78 is 11.5. The number of ether oxygens (including phenoxy) is 2. The summed E-state index contributed by atoms with van der Waals surface area (Å²) in [4.78, 5) is 29.1. The maximum Gasteiger partial charge on any atom is 0.410 e. The van der Waals surface area contributed by atoms with E-state index < -0.39 is 5.91 Å². The molecule has 0 aliphatic heterocycles. The van der Waals surface area contributed by atoms with Crippen LogP contribution in [0.3, 0.4) is 0 Å². The topological polar surface area (TPSA) is 105 Å². The van der Waals surface area contributed by atoms with E-state index in [-0.39, 0.29) is 17.3 Å². The maximum atomic E-state index is 12.9. The lowest BCUT2D eigenvalue weighted by Crippen LogP contribution is -2.15. The Bertz CT molecular complexity index is 1240. The molecule has 0 saturated heterocycles. The second-order valence-electron chi connectivity index (χ2n) is 8.14. The Morgan fingerprint density at radius 2 is 1.31 bits per heavy atom. The van der Waals surface area contributed by atoms with Gasteiger partial charge in [-0.15, -0.1) is 0 Å². The molecular formula is C28H31N4O4+. The SMILES string of the molecule is CCCCOc1ccccc1C(=O)Nc1ccc(NC(=O)c2ccccc2OCCCC)c([N+]#N)c1. The summed E-state index contributed by atoms with van der Waals surface area (Å²) in [6.45, 7) is 5.17. The fourth-order valence-corrected chi connectivity index (χ4v) is 3.40. The average Bonchev–Trinajstić information content (AvgIpc) is 2.90. The van der Waals surface area contributed by atoms with Gasteiger partial charge in [0, 0.05) is 5.69 Å². The lowest BCUT2D eigenvalue weighted by molar-refractivity contribution is 0.101. The summed E-state index contributed by atoms with van der Waals surface area (Å²) >= 11 is 0. The fourth-order valence-electron chi connectivity index (χ4n) is 3.40. The normalized spacial score (nSPS) is 10.2. The summed E-state index contributed by atoms with van der Waals surface area (Å²) in [5.41, 5.74) is 1.55. The molecule has 2 N–H and O–H groups in total. The largest absolute Gasteiger partial charge is 0.493 e. The Hall–Kier alpha value is -4.38. The zero-order valence-corrected chi connectivity index (χ0v) is 20.6. The first kappa shape index (κ1) is 26.2. The zero-order valence-electron chi connectivity index (χ0n) is 20.6. The minimum absolute atomic E-state index is 0.0954. The van der Waals surface area contributed by atoms with Crippen LogP contribution in [0.15, 0.2) is 66.7 Å². The third-order valence-electron chi connectivity index (χ3n) is 5.39. The van der Waals surface area contributed by atoms with E-state index >= 15 is 0 Å². The molecule has 0 unspecified atom stereocenters. The number of hydrogen-bond donors (Lipinski definition) is 2. The quantitative estimate of drug-likeness (QED) is 0.211. The summed E-state index contributed by atoms with van der Waals surface area (Å²) in [6, 6.07) is 18.6. The number of carbonyl (C=O) groups is 2. The summed E-state index contributed by atoms with van der Waals surface area (Å²) in [7, 11) is 0. The number of carbonyl (C=O) groups excluding carboxylic acids is 2. The average molecular weight is 488 g/mol. The number of para-hydroxylation sites is 2. The van der Waals surface area contributed by atoms with Crippen LogP contribution < -0.4 is 20.1 Å². The molecule has 3 aromatic rings. The van der Waals surface area contributed by atoms with Gasteiger partial charge in [-0.3, -0.25) is 9.59 Å². The number of unbranched alkanes of at least 4 members (excludes halogenated alkanes) is 2. The highest BCUT2D eigenvalue weighted by molar-refractivity contribution is 6.09. The smallest absolute Gasteiger partial charge is 0.410 e. The fraction of sp³-hybridized carbons (Fsp3) is 0.286. The molecule has 3 aromatic carbocycles. The molecule has 0 heterocycles. The van der Waals surface area contributed by atoms with Gasteiger partial charge in [0.25, 0.3) is 11.8 Å². The molecule has 36 heavy (non-hydrogen) atoms. The third kappa shape index (κ3) is 7.06. The molecule has 186 valence electrons. The van der Waals surface area contributed by atoms with Crippen molar-refractivity contribution in [2.45, 2.75) is 39.5 Å². The van der Waals surface area contributed by atoms with E-state index in [1.807, 2.05) is 6.07 Å². The van der Waals surface area contributed by atoms with Gasteiger partial charge in [-0.05, 0) is 49.2 Å². The second kappa shape index (κ2) is 13.5. The number of rotatable bonds is 12. The van der Waals surface area contributed by atoms with Crippen molar-refractivity contribution < 1.29 is 19.1 Å². The van der Waals surface area contributed by atoms with Crippen LogP contribution in [0.1, 0.15) is 60.2 Å². The van der Waals surface area contributed by atoms with Crippen LogP contribution in [0, 0.1) is 5.39 Å². The molecule has 8 nitrogen and oxygen atoms in total. The Kier molecular flexibility index (Phi) is 9.83. The first-order valence-electron chi connectivity index (χ1n) is 12.1. The van der Waals surface area contributed by atoms with Crippen LogP contribution in [0.4, 0.5) is 17.1 Å². The molecule has 0 atom stereocenters. The molecule has 3 rings (SSSR count). The third-order valence-corrected chi connectivity index (χ3v) is 5.39. The van der Waals surface area contributed by atoms with Gasteiger partial charge in [0.15, 0.2) is 4.98 Å². The van der Waals surface area contributed by atoms with E-state index in [1.54, 1.807) is 54.6 Å². The summed E-state index contributed by atoms with van der Waals surface area (Å²) in [5.74, 6) is 0.219. The Labute approximate surface area is 211 Å². The van der Waals surface area contributed by atoms with E-state index in [2.05, 4.69) is 29.5 Å². The van der Waals surface area contributed by atoms with Crippen molar-refractivity contribution in [1.82, 2.24) is 0 Å². The molecule has 0 radical (unpaired) electrons. The van der Waals surface area contributed by atoms with Gasteiger partial charge in [0.2, 0.25) is 5.39 Å². The molecule has 0 bridgehead atoms. The van der Waals surface area contributed by atoms with Crippen molar-refractivity contribution in [2.75, 3.05) is 23.8 Å². The monoisotopic (exact) mass is 487 g/mol. The first-order valence-corrected chi connectivity index (χ1v) is 12.1. The summed E-state index contributed by atoms with van der Waals surface area (Å²) in [5, 5.41) is 15.1. The van der Waals surface area contributed by atoms with Crippen LogP contribution in [0.2, 0.25) is 0 Å². The Morgan fingerprint density at radius 1 is 0.778 bits per heavy atom. The predicted molar refractivity (Wildman–Crippen MR) is 141 cm³/mol. The van der Waals surface area contributed by atoms with Crippen LogP contribution in [-0.2, 0) is 0 Å². The molecule has 0 fully saturated rings. The van der Waals surface area contributed by atoms with Gasteiger partial charge in [-0.25, -0.2) is 0 Å². The highest BCUT2D eigenvalue weighted by Crippen LogP contribution is 2.31. The standard InChI is InChI=1S/C28H30N4O4/c1-3-5-17-35-25-13-9-7-11-21(25)27(33)30-20-15-16-23(24(19-20)32-29)31-28(34)22-12-8-10-14-26(22)36-18-6-4-2/h7-16,19,29H,3-6,17-18H2,1-2H3/p+1. The van der Waals surface area contributed by atoms with Crippen molar-refractivity contribution in [3.05, 3.63) is 82.8 Å². The van der Waals surface area contributed by atoms with Gasteiger partial charge in [0.1, 0.15) is 17.2 Å². The number of nitrogens with zero attached hydrogens (tertiary/aromatic N) is 2. The highest BCUT2D eigenvalue weighted by atomic mass is 16.5. The number of anilines is 2. The van der Waals surface area contributed by atoms with Crippen molar-refractivity contribution >= 4 is 28.9 Å². The molecular weight excluding hydrogens is 456 g/mol. The van der Waals surface area contributed by atoms with E-state index in [1.165, 1.54) is 6.07 Å². The molecule has 8 heteroatoms. The lowest BCUT2D eigenvalue weighted by atomic mass is 10.1. The van der Waals surface area contributed by atoms with Crippen LogP contribution in [-0.4, -0.2) is 25.0 Å². The number of amides is 2. The highest BCUT2D eigenvalue weighted by Gasteiger charge is 2.21. The van der Waals surface area contributed by atoms with Crippen LogP contribution in [0.25, 0.3) is 4.98 Å². The van der Waals surface area contributed by atoms with Crippen LogP contribution in [0.5, 0.6) is 11.5 Å². The van der Waals surface area contributed by atoms with Crippen molar-refractivity contribution in [1.29, 1.82) is 5.39 Å². The zero-order chi connectivity index (χ0) is 25.8. The van der Waals surface area contributed by atoms with Gasteiger partial charge >= 0.3 is 5.69 Å². The number of nitrogens with one attached hydrogen (secondary N) is 2. The number of diazo groups is 1. The molecule has 2 amide bonds. The van der Waals surface area contributed by atoms with Gasteiger partial charge < -0.3 is 20.1 Å². The van der Waals surface area contributed by atoms with E-state index in [0.29, 0.717) is 41.5 Å². The van der Waals surface area contributed by atoms with Crippen molar-refractivity contribution in [3.63, 3.8) is 0 Å². The van der Waals surface area contributed by atoms with E-state index in [9.17, 15) is 15.0 Å². The van der Waals surface area contributed by atoms with Gasteiger partial charge in [-0.2, -0.15) is 0 Å². The summed E-state index contributed by atoms with van der Waals surface area (Å²) in [6.07, 6.45) is 3.74. The van der Waals surface area contributed by atoms with Gasteiger partial charge in [-0.1, -0.05) is 51.0 Å². The number of hydrogen-bond acceptors (Lipinski definition) is 5. The predicted octanol–water partition coefficient (Wildman–Crippen LogP) is 7.03.